The standard InChI is InChI=1S/C34H46N6O6S2/c1-23(2)32(38-34(43)39(4)20-28-22-47-24(3)36-28)33(42)37-30(17-25-9-6-5-7-10-25)31(41)21-40(19-27-11-8-12-27)48(45,46)29-15-13-26(14-16-29)18-35-44/h5-7,9-10,13-16,22-23,27,30-32,41H,8,11-12,17-21H2,1-4H3,(H,37,42)(H,38,43)/t30-,31+,32-/m0/s1. The monoisotopic (exact) mass is 698 g/mol. The maximum absolute atomic E-state index is 13.9. The molecule has 0 bridgehead atoms. The first kappa shape index (κ1) is 37.1. The molecule has 3 amide bonds. The van der Waals surface area contributed by atoms with E-state index in [9.17, 15) is 28.0 Å². The molecule has 1 aliphatic rings. The van der Waals surface area contributed by atoms with Crippen LogP contribution in [-0.2, 0) is 34.3 Å². The van der Waals surface area contributed by atoms with Crippen molar-refractivity contribution in [2.45, 2.75) is 82.6 Å². The van der Waals surface area contributed by atoms with Crippen molar-refractivity contribution in [1.29, 1.82) is 0 Å². The minimum Gasteiger partial charge on any atom is -0.390 e. The number of aliphatic hydroxyl groups is 1. The number of aryl methyl sites for hydroxylation is 1. The molecular formula is C34H46N6O6S2. The Morgan fingerprint density at radius 1 is 1.06 bits per heavy atom. The van der Waals surface area contributed by atoms with E-state index in [2.05, 4.69) is 20.8 Å². The lowest BCUT2D eigenvalue weighted by molar-refractivity contribution is -0.125. The highest BCUT2D eigenvalue weighted by Gasteiger charge is 2.35. The average Bonchev–Trinajstić information content (AvgIpc) is 3.44. The minimum atomic E-state index is -4.03. The van der Waals surface area contributed by atoms with Crippen LogP contribution in [0.5, 0.6) is 0 Å². The van der Waals surface area contributed by atoms with Crippen LogP contribution in [0.4, 0.5) is 4.79 Å². The number of carbonyl (C=O) groups is 2. The van der Waals surface area contributed by atoms with Crippen molar-refractivity contribution in [2.24, 2.45) is 17.0 Å². The van der Waals surface area contributed by atoms with E-state index in [0.29, 0.717) is 5.56 Å². The Balaban J connectivity index is 1.54. The van der Waals surface area contributed by atoms with Gasteiger partial charge in [-0.2, -0.15) is 9.21 Å². The van der Waals surface area contributed by atoms with E-state index in [-0.39, 0.29) is 49.3 Å². The number of aliphatic hydroxyl groups excluding tert-OH is 1. The average molecular weight is 699 g/mol. The van der Waals surface area contributed by atoms with Crippen LogP contribution in [0.3, 0.4) is 0 Å². The second-order valence-corrected chi connectivity index (χ2v) is 15.8. The SMILES string of the molecule is Cc1nc(CN(C)C(=O)N[C@H](C(=O)N[C@@H](Cc2ccccc2)[C@H](O)CN(CC2CCC2)S(=O)(=O)c2ccc(CN=O)cc2)C(C)C)cs1. The lowest BCUT2D eigenvalue weighted by Gasteiger charge is -2.35. The van der Waals surface area contributed by atoms with Crippen molar-refractivity contribution in [3.8, 4) is 0 Å². The molecule has 0 spiro atoms. The molecule has 4 rings (SSSR count). The van der Waals surface area contributed by atoms with Gasteiger partial charge in [-0.15, -0.1) is 11.3 Å². The fourth-order valence-electron chi connectivity index (χ4n) is 5.56. The first-order chi connectivity index (χ1) is 22.9. The van der Waals surface area contributed by atoms with Gasteiger partial charge in [0.05, 0.1) is 34.3 Å². The van der Waals surface area contributed by atoms with E-state index in [4.69, 9.17) is 0 Å². The smallest absolute Gasteiger partial charge is 0.318 e. The summed E-state index contributed by atoms with van der Waals surface area (Å²) in [6.07, 6.45) is 1.76. The van der Waals surface area contributed by atoms with Crippen molar-refractivity contribution in [2.75, 3.05) is 20.1 Å². The van der Waals surface area contributed by atoms with Crippen molar-refractivity contribution in [3.05, 3.63) is 86.7 Å². The van der Waals surface area contributed by atoms with E-state index in [0.717, 1.165) is 35.5 Å². The number of rotatable bonds is 17. The van der Waals surface area contributed by atoms with Gasteiger partial charge in [0.25, 0.3) is 0 Å². The van der Waals surface area contributed by atoms with Crippen LogP contribution in [0.1, 0.15) is 54.9 Å². The van der Waals surface area contributed by atoms with Gasteiger partial charge in [0.1, 0.15) is 12.6 Å². The summed E-state index contributed by atoms with van der Waals surface area (Å²) in [4.78, 5) is 43.5. The Labute approximate surface area is 287 Å². The number of nitrogens with one attached hydrogen (secondary N) is 2. The van der Waals surface area contributed by atoms with Gasteiger partial charge in [-0.3, -0.25) is 4.79 Å². The van der Waals surface area contributed by atoms with Crippen LogP contribution in [0.15, 0.2) is 70.0 Å². The van der Waals surface area contributed by atoms with Crippen LogP contribution in [0.25, 0.3) is 0 Å². The van der Waals surface area contributed by atoms with Gasteiger partial charge in [0.15, 0.2) is 0 Å². The number of urea groups is 1. The molecule has 0 radical (unpaired) electrons. The van der Waals surface area contributed by atoms with Crippen molar-refractivity contribution in [1.82, 2.24) is 24.8 Å². The van der Waals surface area contributed by atoms with Gasteiger partial charge in [0.2, 0.25) is 15.9 Å². The predicted molar refractivity (Wildman–Crippen MR) is 186 cm³/mol. The maximum Gasteiger partial charge on any atom is 0.318 e. The van der Waals surface area contributed by atoms with Crippen LogP contribution in [0.2, 0.25) is 0 Å². The van der Waals surface area contributed by atoms with Crippen molar-refractivity contribution < 1.29 is 23.1 Å². The molecule has 1 heterocycles. The lowest BCUT2D eigenvalue weighted by Crippen LogP contribution is -2.58. The second kappa shape index (κ2) is 17.1. The molecule has 260 valence electrons. The van der Waals surface area contributed by atoms with Crippen LogP contribution in [-0.4, -0.2) is 78.0 Å². The number of hydrogen-bond donors (Lipinski definition) is 3. The molecule has 1 saturated carbocycles. The molecule has 3 atom stereocenters. The summed E-state index contributed by atoms with van der Waals surface area (Å²) in [5.41, 5.74) is 2.19. The molecule has 1 aromatic heterocycles. The zero-order valence-corrected chi connectivity index (χ0v) is 29.5. The molecule has 12 nitrogen and oxygen atoms in total. The normalized spacial score (nSPS) is 15.4. The number of nitroso groups, excluding NO2 is 1. The Morgan fingerprint density at radius 3 is 2.31 bits per heavy atom. The third kappa shape index (κ3) is 10.1. The molecule has 48 heavy (non-hydrogen) atoms. The van der Waals surface area contributed by atoms with Gasteiger partial charge in [-0.25, -0.2) is 18.2 Å². The first-order valence-electron chi connectivity index (χ1n) is 16.2. The van der Waals surface area contributed by atoms with E-state index >= 15 is 0 Å². The summed E-state index contributed by atoms with van der Waals surface area (Å²) in [5.74, 6) is -0.603. The Hall–Kier alpha value is -3.72. The van der Waals surface area contributed by atoms with E-state index in [1.54, 1.807) is 19.2 Å². The highest BCUT2D eigenvalue weighted by atomic mass is 32.2. The quantitative estimate of drug-likeness (QED) is 0.175. The molecule has 3 aromatic rings. The molecule has 0 unspecified atom stereocenters. The summed E-state index contributed by atoms with van der Waals surface area (Å²) in [6, 6.07) is 13.1. The van der Waals surface area contributed by atoms with E-state index < -0.39 is 40.1 Å². The van der Waals surface area contributed by atoms with Gasteiger partial charge >= 0.3 is 6.03 Å². The van der Waals surface area contributed by atoms with Crippen LogP contribution >= 0.6 is 11.3 Å². The van der Waals surface area contributed by atoms with Crippen LogP contribution in [0, 0.1) is 23.7 Å². The number of hydrogen-bond acceptors (Lipinski definition) is 9. The number of thiazole rings is 1. The highest BCUT2D eigenvalue weighted by Crippen LogP contribution is 2.30. The van der Waals surface area contributed by atoms with Gasteiger partial charge in [-0.05, 0) is 61.3 Å². The number of sulfonamides is 1. The second-order valence-electron chi connectivity index (χ2n) is 12.8. The lowest BCUT2D eigenvalue weighted by atomic mass is 9.85. The van der Waals surface area contributed by atoms with E-state index in [1.807, 2.05) is 56.5 Å². The third-order valence-electron chi connectivity index (χ3n) is 8.62. The van der Waals surface area contributed by atoms with Crippen molar-refractivity contribution >= 4 is 33.3 Å². The number of amides is 3. The highest BCUT2D eigenvalue weighted by molar-refractivity contribution is 7.89. The Bertz CT molecular complexity index is 1610. The Kier molecular flexibility index (Phi) is 13.2. The van der Waals surface area contributed by atoms with Crippen molar-refractivity contribution in [3.63, 3.8) is 0 Å². The summed E-state index contributed by atoms with van der Waals surface area (Å²) in [6.45, 7) is 5.73. The maximum atomic E-state index is 13.9. The fourth-order valence-corrected chi connectivity index (χ4v) is 7.70. The topological polar surface area (TPSA) is 161 Å². The summed E-state index contributed by atoms with van der Waals surface area (Å²) in [7, 11) is -2.40. The third-order valence-corrected chi connectivity index (χ3v) is 11.3. The van der Waals surface area contributed by atoms with Crippen LogP contribution < -0.4 is 10.6 Å². The van der Waals surface area contributed by atoms with Gasteiger partial charge < -0.3 is 20.6 Å². The minimum absolute atomic E-state index is 0.0480. The van der Waals surface area contributed by atoms with E-state index in [1.165, 1.54) is 32.7 Å². The number of benzene rings is 2. The zero-order chi connectivity index (χ0) is 34.8. The Morgan fingerprint density at radius 2 is 1.75 bits per heavy atom. The first-order valence-corrected chi connectivity index (χ1v) is 18.5. The molecule has 2 aromatic carbocycles. The number of nitrogens with zero attached hydrogens (tertiary/aromatic N) is 4. The predicted octanol–water partition coefficient (Wildman–Crippen LogP) is 4.46. The molecule has 1 fully saturated rings. The summed E-state index contributed by atoms with van der Waals surface area (Å²) >= 11 is 1.49. The molecule has 0 aliphatic heterocycles. The number of aromatic nitrogens is 1. The van der Waals surface area contributed by atoms with Gasteiger partial charge in [-0.1, -0.05) is 67.9 Å². The molecule has 0 saturated heterocycles. The molecule has 14 heteroatoms. The largest absolute Gasteiger partial charge is 0.390 e. The summed E-state index contributed by atoms with van der Waals surface area (Å²) in [5, 5.41) is 23.1. The number of carbonyl (C=O) groups excluding carboxylic acids is 2. The van der Waals surface area contributed by atoms with Gasteiger partial charge in [0, 0.05) is 25.5 Å². The molecule has 1 aliphatic carbocycles. The fraction of sp³-hybridized carbons (Fsp3) is 0.500. The molecule has 3 N–H and O–H groups in total. The summed E-state index contributed by atoms with van der Waals surface area (Å²) < 4.78 is 29.1. The zero-order valence-electron chi connectivity index (χ0n) is 27.9. The molecular weight excluding hydrogens is 653 g/mol.